The number of hydrogen-bond donors (Lipinski definition) is 1. The second-order valence-corrected chi connectivity index (χ2v) is 10.9. The van der Waals surface area contributed by atoms with Crippen LogP contribution in [0.3, 0.4) is 0 Å². The highest BCUT2D eigenvalue weighted by molar-refractivity contribution is 5.94. The molecule has 0 aromatic rings. The number of ketones is 1. The molecule has 0 heterocycles. The summed E-state index contributed by atoms with van der Waals surface area (Å²) in [6.45, 7) is 10.8. The van der Waals surface area contributed by atoms with Gasteiger partial charge in [-0.15, -0.1) is 0 Å². The van der Waals surface area contributed by atoms with Gasteiger partial charge >= 0.3 is 11.9 Å². The Morgan fingerprint density at radius 1 is 1.09 bits per heavy atom. The smallest absolute Gasteiger partial charge is 0.303 e. The number of fused-ring (bicyclic) bond motifs is 5. The van der Waals surface area contributed by atoms with Crippen molar-refractivity contribution in [1.29, 1.82) is 0 Å². The molecule has 0 spiro atoms. The monoisotopic (exact) mass is 444 g/mol. The Balaban J connectivity index is 1.60. The minimum absolute atomic E-state index is 0.0347. The first-order valence-corrected chi connectivity index (χ1v) is 11.9. The third-order valence-corrected chi connectivity index (χ3v) is 9.40. The fourth-order valence-corrected chi connectivity index (χ4v) is 7.71. The predicted molar refractivity (Wildman–Crippen MR) is 118 cm³/mol. The molecular weight excluding hydrogens is 408 g/mol. The van der Waals surface area contributed by atoms with E-state index in [2.05, 4.69) is 19.6 Å². The maximum Gasteiger partial charge on any atom is 0.303 e. The highest BCUT2D eigenvalue weighted by atomic mass is 16.5. The lowest BCUT2D eigenvalue weighted by atomic mass is 9.46. The molecule has 32 heavy (non-hydrogen) atoms. The van der Waals surface area contributed by atoms with Crippen molar-refractivity contribution in [3.05, 3.63) is 23.8 Å². The first-order valence-electron chi connectivity index (χ1n) is 11.9. The van der Waals surface area contributed by atoms with Crippen LogP contribution in [0.15, 0.2) is 23.8 Å². The number of allylic oxidation sites excluding steroid dienone is 1. The van der Waals surface area contributed by atoms with E-state index in [-0.39, 0.29) is 23.4 Å². The molecule has 0 saturated heterocycles. The topological polar surface area (TPSA) is 89.9 Å². The van der Waals surface area contributed by atoms with Crippen molar-refractivity contribution < 1.29 is 29.0 Å². The van der Waals surface area contributed by atoms with Gasteiger partial charge in [0.2, 0.25) is 5.78 Å². The van der Waals surface area contributed by atoms with E-state index >= 15 is 0 Å². The molecule has 0 aliphatic heterocycles. The molecule has 0 bridgehead atoms. The molecule has 6 nitrogen and oxygen atoms in total. The van der Waals surface area contributed by atoms with Crippen LogP contribution < -0.4 is 0 Å². The minimum atomic E-state index is -1.66. The average molecular weight is 445 g/mol. The highest BCUT2D eigenvalue weighted by Gasteiger charge is 2.67. The maximum atomic E-state index is 13.1. The van der Waals surface area contributed by atoms with Crippen molar-refractivity contribution in [1.82, 2.24) is 0 Å². The molecule has 7 atom stereocenters. The second-order valence-electron chi connectivity index (χ2n) is 10.9. The van der Waals surface area contributed by atoms with Gasteiger partial charge in [-0.1, -0.05) is 32.1 Å². The van der Waals surface area contributed by atoms with Gasteiger partial charge in [-0.25, -0.2) is 0 Å². The van der Waals surface area contributed by atoms with Gasteiger partial charge in [0.25, 0.3) is 0 Å². The normalized spacial score (nSPS) is 42.8. The third-order valence-electron chi connectivity index (χ3n) is 9.40. The summed E-state index contributed by atoms with van der Waals surface area (Å²) in [4.78, 5) is 35.8. The van der Waals surface area contributed by atoms with Crippen molar-refractivity contribution >= 4 is 17.7 Å². The van der Waals surface area contributed by atoms with Gasteiger partial charge in [-0.2, -0.15) is 0 Å². The van der Waals surface area contributed by atoms with Crippen molar-refractivity contribution in [2.75, 3.05) is 6.61 Å². The van der Waals surface area contributed by atoms with Crippen LogP contribution in [0.4, 0.5) is 0 Å². The van der Waals surface area contributed by atoms with Crippen LogP contribution in [0.1, 0.15) is 72.6 Å². The van der Waals surface area contributed by atoms with Crippen LogP contribution in [0.5, 0.6) is 0 Å². The molecule has 0 unspecified atom stereocenters. The lowest BCUT2D eigenvalue weighted by molar-refractivity contribution is -0.164. The van der Waals surface area contributed by atoms with Crippen molar-refractivity contribution in [3.63, 3.8) is 0 Å². The SMILES string of the molecule is C=C1C[C@H]2[C@@H]3CC=C4C[C@@H](OC(C)=O)CC[C@]4(C)[C@H]3CC[C@]2(C)[C@@]1(O)C(=O)COC(C)=O. The Labute approximate surface area is 190 Å². The molecule has 4 aliphatic carbocycles. The first-order chi connectivity index (χ1) is 14.9. The molecule has 0 aromatic carbocycles. The Morgan fingerprint density at radius 3 is 2.47 bits per heavy atom. The summed E-state index contributed by atoms with van der Waals surface area (Å²) < 4.78 is 10.5. The van der Waals surface area contributed by atoms with Crippen LogP contribution in [-0.4, -0.2) is 41.1 Å². The summed E-state index contributed by atoms with van der Waals surface area (Å²) in [6.07, 6.45) is 8.15. The number of hydrogen-bond acceptors (Lipinski definition) is 6. The summed E-state index contributed by atoms with van der Waals surface area (Å²) in [7, 11) is 0. The molecule has 1 N–H and O–H groups in total. The lowest BCUT2D eigenvalue weighted by Crippen LogP contribution is -2.58. The van der Waals surface area contributed by atoms with E-state index < -0.39 is 29.4 Å². The van der Waals surface area contributed by atoms with E-state index in [1.165, 1.54) is 19.4 Å². The van der Waals surface area contributed by atoms with Gasteiger partial charge in [0.05, 0.1) is 0 Å². The van der Waals surface area contributed by atoms with Gasteiger partial charge in [0.15, 0.2) is 12.2 Å². The molecule has 4 rings (SSSR count). The summed E-state index contributed by atoms with van der Waals surface area (Å²) in [6, 6.07) is 0. The number of rotatable bonds is 4. The Kier molecular flexibility index (Phi) is 5.68. The van der Waals surface area contributed by atoms with Crippen molar-refractivity contribution in [3.8, 4) is 0 Å². The highest BCUT2D eigenvalue weighted by Crippen LogP contribution is 2.68. The molecule has 0 amide bonds. The number of Topliss-reactive ketones (excluding diaryl/α,β-unsaturated/α-hetero) is 1. The summed E-state index contributed by atoms with van der Waals surface area (Å²) in [5.41, 5.74) is -0.251. The van der Waals surface area contributed by atoms with Crippen LogP contribution >= 0.6 is 0 Å². The Bertz CT molecular complexity index is 889. The molecule has 3 saturated carbocycles. The maximum absolute atomic E-state index is 13.1. The molecule has 0 radical (unpaired) electrons. The molecule has 176 valence electrons. The van der Waals surface area contributed by atoms with Crippen LogP contribution in [0, 0.1) is 28.6 Å². The number of ether oxygens (including phenoxy) is 2. The lowest BCUT2D eigenvalue weighted by Gasteiger charge is -2.58. The van der Waals surface area contributed by atoms with E-state index in [0.717, 1.165) is 38.5 Å². The number of esters is 2. The number of carbonyl (C=O) groups is 3. The molecule has 4 aliphatic rings. The van der Waals surface area contributed by atoms with Gasteiger partial charge < -0.3 is 14.6 Å². The molecule has 3 fully saturated rings. The van der Waals surface area contributed by atoms with E-state index in [9.17, 15) is 19.5 Å². The largest absolute Gasteiger partial charge is 0.462 e. The van der Waals surface area contributed by atoms with Gasteiger partial charge in [0.1, 0.15) is 6.10 Å². The summed E-state index contributed by atoms with van der Waals surface area (Å²) in [5.74, 6) is -0.221. The number of aliphatic hydroxyl groups is 1. The minimum Gasteiger partial charge on any atom is -0.462 e. The van der Waals surface area contributed by atoms with E-state index in [1.807, 2.05) is 6.92 Å². The zero-order valence-corrected chi connectivity index (χ0v) is 19.7. The fraction of sp³-hybridized carbons (Fsp3) is 0.731. The predicted octanol–water partition coefficient (Wildman–Crippen LogP) is 3.91. The van der Waals surface area contributed by atoms with Gasteiger partial charge in [-0.05, 0) is 67.3 Å². The second kappa shape index (κ2) is 7.82. The van der Waals surface area contributed by atoms with Gasteiger partial charge in [-0.3, -0.25) is 14.4 Å². The van der Waals surface area contributed by atoms with Crippen molar-refractivity contribution in [2.24, 2.45) is 28.6 Å². The van der Waals surface area contributed by atoms with Crippen LogP contribution in [-0.2, 0) is 23.9 Å². The quantitative estimate of drug-likeness (QED) is 0.522. The molecular formula is C26H36O6. The zero-order chi connectivity index (χ0) is 23.5. The van der Waals surface area contributed by atoms with E-state index in [1.54, 1.807) is 0 Å². The van der Waals surface area contributed by atoms with E-state index in [4.69, 9.17) is 9.47 Å². The standard InChI is InChI=1S/C26H36O6/c1-15-12-22-20-7-6-18-13-19(32-17(3)28)8-10-24(18,4)21(20)9-11-25(22,5)26(15,30)23(29)14-31-16(2)27/h6,19-22,30H,1,7-14H2,2-5H3/t19-,20+,21-,22-,24-,25-,26-/m0/s1. The summed E-state index contributed by atoms with van der Waals surface area (Å²) in [5, 5.41) is 11.7. The van der Waals surface area contributed by atoms with Crippen LogP contribution in [0.2, 0.25) is 0 Å². The molecule has 0 aromatic heterocycles. The first kappa shape index (κ1) is 23.2. The third kappa shape index (κ3) is 3.28. The van der Waals surface area contributed by atoms with Gasteiger partial charge in [0, 0.05) is 25.7 Å². The van der Waals surface area contributed by atoms with Crippen molar-refractivity contribution in [2.45, 2.75) is 84.3 Å². The number of carbonyl (C=O) groups excluding carboxylic acids is 3. The Hall–Kier alpha value is -1.95. The Morgan fingerprint density at radius 2 is 1.81 bits per heavy atom. The van der Waals surface area contributed by atoms with Crippen LogP contribution in [0.25, 0.3) is 0 Å². The average Bonchev–Trinajstić information content (AvgIpc) is 2.93. The van der Waals surface area contributed by atoms with E-state index in [0.29, 0.717) is 23.8 Å². The zero-order valence-electron chi connectivity index (χ0n) is 19.7. The summed E-state index contributed by atoms with van der Waals surface area (Å²) >= 11 is 0. The fourth-order valence-electron chi connectivity index (χ4n) is 7.71. The molecule has 6 heteroatoms.